The fourth-order valence-electron chi connectivity index (χ4n) is 2.46. The number of thiophene rings is 1. The largest absolute Gasteiger partial charge is 0.435 e. The minimum atomic E-state index is -2.80. The number of ether oxygens (including phenoxy) is 1. The van der Waals surface area contributed by atoms with Crippen LogP contribution in [0, 0.1) is 6.92 Å². The van der Waals surface area contributed by atoms with Gasteiger partial charge < -0.3 is 4.74 Å². The fourth-order valence-corrected chi connectivity index (χ4v) is 3.68. The molecule has 0 unspecified atom stereocenters. The molecule has 0 radical (unpaired) electrons. The van der Waals surface area contributed by atoms with Gasteiger partial charge in [0.15, 0.2) is 0 Å². The lowest BCUT2D eigenvalue weighted by molar-refractivity contribution is -0.0498. The van der Waals surface area contributed by atoms with Crippen LogP contribution in [0.4, 0.5) is 8.78 Å². The van der Waals surface area contributed by atoms with E-state index in [1.807, 2.05) is 25.1 Å². The summed E-state index contributed by atoms with van der Waals surface area (Å²) in [5, 5.41) is 0.768. The molecule has 0 atom stereocenters. The van der Waals surface area contributed by atoms with E-state index in [-0.39, 0.29) is 5.75 Å². The predicted octanol–water partition coefficient (Wildman–Crippen LogP) is 6.57. The van der Waals surface area contributed by atoms with Crippen LogP contribution in [0.15, 0.2) is 54.6 Å². The molecule has 0 N–H and O–H groups in total. The van der Waals surface area contributed by atoms with Crippen LogP contribution in [-0.2, 0) is 6.42 Å². The molecule has 0 fully saturated rings. The summed E-state index contributed by atoms with van der Waals surface area (Å²) < 4.78 is 28.7. The Morgan fingerprint density at radius 3 is 2.50 bits per heavy atom. The van der Waals surface area contributed by atoms with Crippen molar-refractivity contribution in [1.29, 1.82) is 0 Å². The highest BCUT2D eigenvalue weighted by Gasteiger charge is 2.08. The van der Waals surface area contributed by atoms with Crippen molar-refractivity contribution in [3.8, 4) is 16.2 Å². The standard InChI is InChI=1S/C19H15ClF2OS/c1-12-2-8-17(20)14(10-12)11-16-7-9-18(24-16)13-3-5-15(6-4-13)23-19(21)22/h2-10,19H,11H2,1H3. The summed E-state index contributed by atoms with van der Waals surface area (Å²) in [5.41, 5.74) is 3.26. The molecule has 1 nitrogen and oxygen atoms in total. The van der Waals surface area contributed by atoms with Crippen molar-refractivity contribution < 1.29 is 13.5 Å². The van der Waals surface area contributed by atoms with Gasteiger partial charge in [-0.1, -0.05) is 29.3 Å². The van der Waals surface area contributed by atoms with Gasteiger partial charge in [-0.2, -0.15) is 8.78 Å². The van der Waals surface area contributed by atoms with Gasteiger partial charge in [0.2, 0.25) is 0 Å². The van der Waals surface area contributed by atoms with Crippen LogP contribution < -0.4 is 4.74 Å². The molecule has 0 aliphatic heterocycles. The monoisotopic (exact) mass is 364 g/mol. The van der Waals surface area contributed by atoms with E-state index in [2.05, 4.69) is 16.9 Å². The Labute approximate surface area is 148 Å². The normalized spacial score (nSPS) is 11.0. The van der Waals surface area contributed by atoms with Crippen molar-refractivity contribution in [3.05, 3.63) is 75.6 Å². The van der Waals surface area contributed by atoms with Crippen molar-refractivity contribution in [2.45, 2.75) is 20.0 Å². The first-order valence-electron chi connectivity index (χ1n) is 7.40. The molecule has 1 heterocycles. The van der Waals surface area contributed by atoms with E-state index >= 15 is 0 Å². The summed E-state index contributed by atoms with van der Waals surface area (Å²) >= 11 is 7.93. The molecule has 5 heteroatoms. The van der Waals surface area contributed by atoms with Crippen molar-refractivity contribution in [3.63, 3.8) is 0 Å². The second kappa shape index (κ2) is 7.32. The SMILES string of the molecule is Cc1ccc(Cl)c(Cc2ccc(-c3ccc(OC(F)F)cc3)s2)c1. The number of hydrogen-bond acceptors (Lipinski definition) is 2. The minimum absolute atomic E-state index is 0.164. The van der Waals surface area contributed by atoms with Crippen LogP contribution in [0.2, 0.25) is 5.02 Å². The van der Waals surface area contributed by atoms with Gasteiger partial charge in [-0.3, -0.25) is 0 Å². The Hall–Kier alpha value is -1.91. The summed E-state index contributed by atoms with van der Waals surface area (Å²) in [5.74, 6) is 0.164. The third kappa shape index (κ3) is 4.13. The van der Waals surface area contributed by atoms with Gasteiger partial charge in [0.1, 0.15) is 5.75 Å². The maximum absolute atomic E-state index is 12.2. The summed E-state index contributed by atoms with van der Waals surface area (Å²) in [6, 6.07) is 16.8. The third-order valence-electron chi connectivity index (χ3n) is 3.59. The van der Waals surface area contributed by atoms with Crippen LogP contribution in [0.3, 0.4) is 0 Å². The van der Waals surface area contributed by atoms with Gasteiger partial charge >= 0.3 is 6.61 Å². The average Bonchev–Trinajstić information content (AvgIpc) is 3.00. The Balaban J connectivity index is 1.76. The zero-order chi connectivity index (χ0) is 17.1. The molecule has 24 heavy (non-hydrogen) atoms. The van der Waals surface area contributed by atoms with E-state index in [9.17, 15) is 8.78 Å². The molecule has 1 aromatic heterocycles. The van der Waals surface area contributed by atoms with E-state index < -0.39 is 6.61 Å². The Morgan fingerprint density at radius 2 is 1.79 bits per heavy atom. The quantitative estimate of drug-likeness (QED) is 0.497. The maximum Gasteiger partial charge on any atom is 0.387 e. The first-order valence-corrected chi connectivity index (χ1v) is 8.60. The first kappa shape index (κ1) is 16.9. The highest BCUT2D eigenvalue weighted by molar-refractivity contribution is 7.15. The van der Waals surface area contributed by atoms with Crippen molar-refractivity contribution in [2.75, 3.05) is 0 Å². The van der Waals surface area contributed by atoms with Crippen LogP contribution in [0.5, 0.6) is 5.75 Å². The van der Waals surface area contributed by atoms with Crippen molar-refractivity contribution in [1.82, 2.24) is 0 Å². The van der Waals surface area contributed by atoms with Gasteiger partial charge in [0.05, 0.1) is 0 Å². The van der Waals surface area contributed by atoms with E-state index in [1.165, 1.54) is 10.4 Å². The molecule has 0 aliphatic carbocycles. The Bertz CT molecular complexity index is 828. The number of alkyl halides is 2. The van der Waals surface area contributed by atoms with Gasteiger partial charge in [-0.25, -0.2) is 0 Å². The van der Waals surface area contributed by atoms with E-state index in [0.29, 0.717) is 0 Å². The maximum atomic E-state index is 12.2. The molecular formula is C19H15ClF2OS. The molecule has 2 aromatic carbocycles. The fraction of sp³-hybridized carbons (Fsp3) is 0.158. The summed E-state index contributed by atoms with van der Waals surface area (Å²) in [6.45, 7) is -0.758. The second-order valence-electron chi connectivity index (χ2n) is 5.44. The highest BCUT2D eigenvalue weighted by Crippen LogP contribution is 2.32. The molecule has 3 rings (SSSR count). The number of rotatable bonds is 5. The van der Waals surface area contributed by atoms with Crippen molar-refractivity contribution in [2.24, 2.45) is 0 Å². The zero-order valence-electron chi connectivity index (χ0n) is 12.9. The summed E-state index contributed by atoms with van der Waals surface area (Å²) in [7, 11) is 0. The lowest BCUT2D eigenvalue weighted by atomic mass is 10.1. The van der Waals surface area contributed by atoms with Crippen LogP contribution in [0.1, 0.15) is 16.0 Å². The number of hydrogen-bond donors (Lipinski definition) is 0. The molecule has 124 valence electrons. The first-order chi connectivity index (χ1) is 11.5. The Morgan fingerprint density at radius 1 is 1.04 bits per heavy atom. The molecular weight excluding hydrogens is 350 g/mol. The minimum Gasteiger partial charge on any atom is -0.435 e. The number of halogens is 3. The molecule has 0 spiro atoms. The van der Waals surface area contributed by atoms with Crippen LogP contribution in [0.25, 0.3) is 10.4 Å². The Kier molecular flexibility index (Phi) is 5.17. The van der Waals surface area contributed by atoms with Gasteiger partial charge in [0, 0.05) is 21.2 Å². The van der Waals surface area contributed by atoms with E-state index in [4.69, 9.17) is 11.6 Å². The third-order valence-corrected chi connectivity index (χ3v) is 5.09. The van der Waals surface area contributed by atoms with E-state index in [0.717, 1.165) is 27.4 Å². The number of benzene rings is 2. The summed E-state index contributed by atoms with van der Waals surface area (Å²) in [6.07, 6.45) is 0.776. The molecule has 0 bridgehead atoms. The topological polar surface area (TPSA) is 9.23 Å². The van der Waals surface area contributed by atoms with Crippen LogP contribution in [-0.4, -0.2) is 6.61 Å². The van der Waals surface area contributed by atoms with Crippen molar-refractivity contribution >= 4 is 22.9 Å². The van der Waals surface area contributed by atoms with Gasteiger partial charge in [0.25, 0.3) is 0 Å². The smallest absolute Gasteiger partial charge is 0.387 e. The predicted molar refractivity (Wildman–Crippen MR) is 95.4 cm³/mol. The van der Waals surface area contributed by atoms with E-state index in [1.54, 1.807) is 35.6 Å². The van der Waals surface area contributed by atoms with Gasteiger partial charge in [-0.15, -0.1) is 11.3 Å². The molecule has 0 amide bonds. The van der Waals surface area contributed by atoms with Gasteiger partial charge in [-0.05, 0) is 60.5 Å². The molecule has 0 saturated heterocycles. The number of aryl methyl sites for hydroxylation is 1. The average molecular weight is 365 g/mol. The zero-order valence-corrected chi connectivity index (χ0v) is 14.5. The lowest BCUT2D eigenvalue weighted by Gasteiger charge is -2.05. The van der Waals surface area contributed by atoms with Crippen LogP contribution >= 0.6 is 22.9 Å². The second-order valence-corrected chi connectivity index (χ2v) is 7.02. The molecule has 3 aromatic rings. The highest BCUT2D eigenvalue weighted by atomic mass is 35.5. The lowest BCUT2D eigenvalue weighted by Crippen LogP contribution is -2.01. The molecule has 0 aliphatic rings. The summed E-state index contributed by atoms with van der Waals surface area (Å²) in [4.78, 5) is 2.28. The molecule has 0 saturated carbocycles.